The van der Waals surface area contributed by atoms with Gasteiger partial charge in [0.2, 0.25) is 0 Å². The van der Waals surface area contributed by atoms with Crippen LogP contribution in [0.5, 0.6) is 0 Å². The number of aryl methyl sites for hydroxylation is 2. The Bertz CT molecular complexity index is 656. The first-order chi connectivity index (χ1) is 10.8. The van der Waals surface area contributed by atoms with Crippen LogP contribution in [-0.2, 0) is 16.9 Å². The zero-order valence-electron chi connectivity index (χ0n) is 13.3. The second kappa shape index (κ2) is 5.65. The van der Waals surface area contributed by atoms with E-state index < -0.39 is 0 Å². The second-order valence-corrected chi connectivity index (χ2v) is 9.01. The fraction of sp³-hybridized carbons (Fsp3) is 0.400. The van der Waals surface area contributed by atoms with Crippen molar-refractivity contribution >= 4 is 23.5 Å². The lowest BCUT2D eigenvalue weighted by Crippen LogP contribution is -2.22. The van der Waals surface area contributed by atoms with Crippen molar-refractivity contribution in [3.05, 3.63) is 58.7 Å². The zero-order chi connectivity index (χ0) is 15.2. The summed E-state index contributed by atoms with van der Waals surface area (Å²) in [6, 6.07) is 14.3. The summed E-state index contributed by atoms with van der Waals surface area (Å²) < 4.78 is 0.152. The Hall–Kier alpha value is -0.860. The van der Waals surface area contributed by atoms with Gasteiger partial charge < -0.3 is 0 Å². The standard InChI is InChI=1S/C20H22S2/c1-3-14-6-8-16-17-9-7-15(4-2)13-19(17)20(18(16)12-14)21-10-5-11-22-20/h6-9,12-13H,3-5,10-11H2,1-2H3. The van der Waals surface area contributed by atoms with E-state index in [1.54, 1.807) is 11.1 Å². The van der Waals surface area contributed by atoms with Crippen LogP contribution in [0, 0.1) is 0 Å². The molecule has 2 aromatic rings. The van der Waals surface area contributed by atoms with Gasteiger partial charge in [-0.1, -0.05) is 50.2 Å². The van der Waals surface area contributed by atoms with Gasteiger partial charge in [-0.05, 0) is 64.1 Å². The van der Waals surface area contributed by atoms with Crippen LogP contribution in [0.4, 0.5) is 0 Å². The van der Waals surface area contributed by atoms with Crippen molar-refractivity contribution in [2.75, 3.05) is 11.5 Å². The van der Waals surface area contributed by atoms with Crippen LogP contribution in [0.25, 0.3) is 11.1 Å². The van der Waals surface area contributed by atoms with Gasteiger partial charge in [0.1, 0.15) is 4.08 Å². The highest BCUT2D eigenvalue weighted by Gasteiger charge is 2.45. The molecule has 0 amide bonds. The molecular formula is C20H22S2. The zero-order valence-corrected chi connectivity index (χ0v) is 14.9. The smallest absolute Gasteiger partial charge is 0.112 e. The average molecular weight is 327 g/mol. The third-order valence-corrected chi connectivity index (χ3v) is 8.27. The Kier molecular flexibility index (Phi) is 3.78. The molecule has 0 bridgehead atoms. The van der Waals surface area contributed by atoms with E-state index in [1.165, 1.54) is 40.2 Å². The minimum Gasteiger partial charge on any atom is -0.135 e. The largest absolute Gasteiger partial charge is 0.135 e. The van der Waals surface area contributed by atoms with Gasteiger partial charge in [-0.25, -0.2) is 0 Å². The van der Waals surface area contributed by atoms with E-state index in [-0.39, 0.29) is 4.08 Å². The molecular weight excluding hydrogens is 304 g/mol. The van der Waals surface area contributed by atoms with Crippen molar-refractivity contribution in [1.82, 2.24) is 0 Å². The highest BCUT2D eigenvalue weighted by atomic mass is 32.2. The van der Waals surface area contributed by atoms with Crippen molar-refractivity contribution in [1.29, 1.82) is 0 Å². The normalized spacial score (nSPS) is 18.3. The van der Waals surface area contributed by atoms with E-state index in [0.29, 0.717) is 0 Å². The topological polar surface area (TPSA) is 0 Å². The van der Waals surface area contributed by atoms with Gasteiger partial charge in [-0.3, -0.25) is 0 Å². The molecule has 22 heavy (non-hydrogen) atoms. The number of rotatable bonds is 2. The molecule has 1 spiro atoms. The van der Waals surface area contributed by atoms with Crippen LogP contribution in [0.15, 0.2) is 36.4 Å². The van der Waals surface area contributed by atoms with Crippen molar-refractivity contribution in [2.45, 2.75) is 37.2 Å². The highest BCUT2D eigenvalue weighted by molar-refractivity contribution is 8.18. The molecule has 1 saturated heterocycles. The number of benzene rings is 2. The summed E-state index contributed by atoms with van der Waals surface area (Å²) in [6.45, 7) is 4.51. The van der Waals surface area contributed by atoms with Gasteiger partial charge in [-0.2, -0.15) is 0 Å². The Morgan fingerprint density at radius 1 is 0.818 bits per heavy atom. The molecule has 114 valence electrons. The van der Waals surface area contributed by atoms with Gasteiger partial charge >= 0.3 is 0 Å². The van der Waals surface area contributed by atoms with E-state index in [9.17, 15) is 0 Å². The van der Waals surface area contributed by atoms with Crippen LogP contribution in [-0.4, -0.2) is 11.5 Å². The van der Waals surface area contributed by atoms with Crippen LogP contribution in [0.2, 0.25) is 0 Å². The first kappa shape index (κ1) is 14.7. The molecule has 2 aromatic carbocycles. The molecule has 0 N–H and O–H groups in total. The van der Waals surface area contributed by atoms with E-state index >= 15 is 0 Å². The van der Waals surface area contributed by atoms with Crippen molar-refractivity contribution in [3.8, 4) is 11.1 Å². The molecule has 1 heterocycles. The van der Waals surface area contributed by atoms with E-state index in [4.69, 9.17) is 0 Å². The van der Waals surface area contributed by atoms with Gasteiger partial charge in [-0.15, -0.1) is 23.5 Å². The maximum absolute atomic E-state index is 2.48. The van der Waals surface area contributed by atoms with E-state index in [1.807, 2.05) is 0 Å². The second-order valence-electron chi connectivity index (χ2n) is 6.13. The fourth-order valence-corrected chi connectivity index (χ4v) is 7.09. The lowest BCUT2D eigenvalue weighted by atomic mass is 10.0. The predicted molar refractivity (Wildman–Crippen MR) is 101 cm³/mol. The van der Waals surface area contributed by atoms with E-state index in [0.717, 1.165) is 12.8 Å². The molecule has 0 aromatic heterocycles. The lowest BCUT2D eigenvalue weighted by Gasteiger charge is -2.34. The Morgan fingerprint density at radius 2 is 1.32 bits per heavy atom. The Morgan fingerprint density at radius 3 is 1.77 bits per heavy atom. The number of hydrogen-bond donors (Lipinski definition) is 0. The van der Waals surface area contributed by atoms with Crippen molar-refractivity contribution in [3.63, 3.8) is 0 Å². The highest BCUT2D eigenvalue weighted by Crippen LogP contribution is 2.63. The van der Waals surface area contributed by atoms with Crippen LogP contribution in [0.3, 0.4) is 0 Å². The summed E-state index contributed by atoms with van der Waals surface area (Å²) in [5, 5.41) is 0. The average Bonchev–Trinajstić information content (AvgIpc) is 2.85. The molecule has 2 heteroatoms. The minimum atomic E-state index is 0.152. The predicted octanol–water partition coefficient (Wildman–Crippen LogP) is 5.86. The Labute approximate surface area is 142 Å². The molecule has 2 aliphatic rings. The summed E-state index contributed by atoms with van der Waals surface area (Å²) in [7, 11) is 0. The third-order valence-electron chi connectivity index (χ3n) is 4.88. The summed E-state index contributed by atoms with van der Waals surface area (Å²) in [5.74, 6) is 2.55. The molecule has 1 aliphatic heterocycles. The van der Waals surface area contributed by atoms with Crippen molar-refractivity contribution in [2.24, 2.45) is 0 Å². The van der Waals surface area contributed by atoms with Crippen LogP contribution < -0.4 is 0 Å². The fourth-order valence-electron chi connectivity index (χ4n) is 3.63. The molecule has 4 rings (SSSR count). The first-order valence-electron chi connectivity index (χ1n) is 8.33. The molecule has 0 saturated carbocycles. The molecule has 1 aliphatic carbocycles. The van der Waals surface area contributed by atoms with Crippen LogP contribution in [0.1, 0.15) is 42.5 Å². The summed E-state index contributed by atoms with van der Waals surface area (Å²) in [6.07, 6.45) is 3.58. The minimum absolute atomic E-state index is 0.152. The molecule has 0 radical (unpaired) electrons. The summed E-state index contributed by atoms with van der Waals surface area (Å²) >= 11 is 4.32. The van der Waals surface area contributed by atoms with Gasteiger partial charge in [0.15, 0.2) is 0 Å². The van der Waals surface area contributed by atoms with Crippen LogP contribution >= 0.6 is 23.5 Å². The summed E-state index contributed by atoms with van der Waals surface area (Å²) in [5.41, 5.74) is 8.99. The molecule has 0 unspecified atom stereocenters. The monoisotopic (exact) mass is 326 g/mol. The molecule has 0 nitrogen and oxygen atoms in total. The Balaban J connectivity index is 1.97. The number of hydrogen-bond acceptors (Lipinski definition) is 2. The SMILES string of the molecule is CCc1ccc2c(c1)C1(SCCCS1)c1cc(CC)ccc1-2. The third kappa shape index (κ3) is 2.07. The van der Waals surface area contributed by atoms with E-state index in [2.05, 4.69) is 73.8 Å². The number of thioether (sulfide) groups is 2. The number of fused-ring (bicyclic) bond motifs is 5. The van der Waals surface area contributed by atoms with Gasteiger partial charge in [0.05, 0.1) is 0 Å². The first-order valence-corrected chi connectivity index (χ1v) is 10.3. The maximum atomic E-state index is 2.48. The summed E-state index contributed by atoms with van der Waals surface area (Å²) in [4.78, 5) is 0. The van der Waals surface area contributed by atoms with Gasteiger partial charge in [0.25, 0.3) is 0 Å². The maximum Gasteiger partial charge on any atom is 0.112 e. The van der Waals surface area contributed by atoms with Gasteiger partial charge in [0, 0.05) is 0 Å². The quantitative estimate of drug-likeness (QED) is 0.677. The molecule has 1 fully saturated rings. The van der Waals surface area contributed by atoms with Crippen molar-refractivity contribution < 1.29 is 0 Å². The lowest BCUT2D eigenvalue weighted by molar-refractivity contribution is 1.01. The molecule has 0 atom stereocenters.